The Morgan fingerprint density at radius 1 is 1.62 bits per heavy atom. The Bertz CT molecular complexity index is 361. The first-order valence-electron chi connectivity index (χ1n) is 4.48. The van der Waals surface area contributed by atoms with E-state index in [0.717, 1.165) is 6.92 Å². The van der Waals surface area contributed by atoms with E-state index in [1.54, 1.807) is 6.92 Å². The zero-order valence-electron chi connectivity index (χ0n) is 8.62. The van der Waals surface area contributed by atoms with Crippen LogP contribution < -0.4 is 0 Å². The van der Waals surface area contributed by atoms with Gasteiger partial charge in [0, 0.05) is 0 Å². The Hall–Kier alpha value is -0.780. The van der Waals surface area contributed by atoms with Crippen LogP contribution in [0.4, 0.5) is 0 Å². The lowest BCUT2D eigenvalue weighted by atomic mass is 9.99. The lowest BCUT2D eigenvalue weighted by Gasteiger charge is -2.26. The first-order valence-corrected chi connectivity index (χ1v) is 5.23. The highest BCUT2D eigenvalue weighted by atomic mass is 35.5. The van der Waals surface area contributed by atoms with Crippen LogP contribution in [0.1, 0.15) is 13.8 Å². The summed E-state index contributed by atoms with van der Waals surface area (Å²) in [5.74, 6) is -1.81. The number of rotatable bonds is 3. The maximum absolute atomic E-state index is 11.4. The van der Waals surface area contributed by atoms with Crippen molar-refractivity contribution >= 4 is 35.1 Å². The molecule has 0 fully saturated rings. The molecule has 0 bridgehead atoms. The van der Waals surface area contributed by atoms with Crippen molar-refractivity contribution in [3.8, 4) is 0 Å². The molecular weight excluding hydrogens is 259 g/mol. The predicted molar refractivity (Wildman–Crippen MR) is 55.9 cm³/mol. The van der Waals surface area contributed by atoms with Gasteiger partial charge in [0.1, 0.15) is 5.03 Å². The third-order valence-electron chi connectivity index (χ3n) is 2.04. The summed E-state index contributed by atoms with van der Waals surface area (Å²) in [5, 5.41) is 9.35. The zero-order chi connectivity index (χ0) is 12.5. The van der Waals surface area contributed by atoms with E-state index in [-0.39, 0.29) is 16.7 Å². The van der Waals surface area contributed by atoms with E-state index >= 15 is 0 Å². The number of carbonyl (C=O) groups is 2. The van der Waals surface area contributed by atoms with Gasteiger partial charge in [0.05, 0.1) is 11.6 Å². The van der Waals surface area contributed by atoms with Gasteiger partial charge in [-0.25, -0.2) is 9.59 Å². The van der Waals surface area contributed by atoms with Gasteiger partial charge >= 0.3 is 11.9 Å². The molecule has 0 aromatic carbocycles. The largest absolute Gasteiger partial charge is 0.464 e. The predicted octanol–water partition coefficient (Wildman–Crippen LogP) is 0.915. The van der Waals surface area contributed by atoms with Crippen LogP contribution in [0.3, 0.4) is 0 Å². The maximum Gasteiger partial charge on any atom is 0.351 e. The number of ether oxygens (including phenoxy) is 2. The second-order valence-corrected chi connectivity index (χ2v) is 4.10. The van der Waals surface area contributed by atoms with Crippen molar-refractivity contribution in [1.82, 2.24) is 0 Å². The van der Waals surface area contributed by atoms with E-state index in [4.69, 9.17) is 27.9 Å². The molecule has 1 heterocycles. The molecule has 7 heteroatoms. The van der Waals surface area contributed by atoms with Crippen LogP contribution in [0.5, 0.6) is 0 Å². The Morgan fingerprint density at radius 3 is 2.56 bits per heavy atom. The number of halogens is 2. The van der Waals surface area contributed by atoms with Crippen LogP contribution in [0.25, 0.3) is 0 Å². The third kappa shape index (κ3) is 2.16. The van der Waals surface area contributed by atoms with Crippen molar-refractivity contribution in [3.05, 3.63) is 10.1 Å². The minimum absolute atomic E-state index is 0.0880. The molecule has 0 aliphatic carbocycles. The van der Waals surface area contributed by atoms with Crippen molar-refractivity contribution in [1.29, 1.82) is 0 Å². The summed E-state index contributed by atoms with van der Waals surface area (Å²) >= 11 is 11.2. The maximum atomic E-state index is 11.4. The van der Waals surface area contributed by atoms with Gasteiger partial charge in [-0.3, -0.25) is 0 Å². The molecule has 0 spiro atoms. The highest BCUT2D eigenvalue weighted by Crippen LogP contribution is 2.35. The highest BCUT2D eigenvalue weighted by Gasteiger charge is 2.50. The van der Waals surface area contributed by atoms with Crippen LogP contribution in [0.15, 0.2) is 10.1 Å². The molecule has 2 atom stereocenters. The summed E-state index contributed by atoms with van der Waals surface area (Å²) in [4.78, 5) is 22.5. The molecule has 1 rings (SSSR count). The number of carbonyl (C=O) groups excluding carboxylic acids is 2. The van der Waals surface area contributed by atoms with E-state index in [1.165, 1.54) is 0 Å². The van der Waals surface area contributed by atoms with Gasteiger partial charge in [-0.2, -0.15) is 0 Å². The van der Waals surface area contributed by atoms with Gasteiger partial charge in [-0.15, -0.1) is 0 Å². The monoisotopic (exact) mass is 268 g/mol. The lowest BCUT2D eigenvalue weighted by molar-refractivity contribution is -0.176. The lowest BCUT2D eigenvalue weighted by Crippen LogP contribution is -2.48. The summed E-state index contributed by atoms with van der Waals surface area (Å²) in [7, 11) is 0. The molecular formula is C9H10Cl2O5. The van der Waals surface area contributed by atoms with E-state index in [9.17, 15) is 14.7 Å². The summed E-state index contributed by atoms with van der Waals surface area (Å²) in [6, 6.07) is 0. The molecule has 5 nitrogen and oxygen atoms in total. The summed E-state index contributed by atoms with van der Waals surface area (Å²) < 4.78 is 9.32. The van der Waals surface area contributed by atoms with Crippen LogP contribution in [0, 0.1) is 0 Å². The minimum atomic E-state index is -2.06. The molecule has 0 saturated carbocycles. The van der Waals surface area contributed by atoms with Crippen molar-refractivity contribution < 1.29 is 24.2 Å². The molecule has 1 aliphatic heterocycles. The van der Waals surface area contributed by atoms with Crippen molar-refractivity contribution in [2.45, 2.75) is 25.6 Å². The standard InChI is InChI=1S/C9H10Cl2O5/c1-3-15-8(13)9(2,14)6-4(10)5(11)7(12)16-6/h6,14H,3H2,1-2H3. The van der Waals surface area contributed by atoms with Crippen LogP contribution in [-0.4, -0.2) is 35.4 Å². The molecule has 0 aromatic rings. The van der Waals surface area contributed by atoms with E-state index in [1.807, 2.05) is 0 Å². The van der Waals surface area contributed by atoms with Gasteiger partial charge in [0.15, 0.2) is 6.10 Å². The molecule has 0 saturated heterocycles. The molecule has 90 valence electrons. The second-order valence-electron chi connectivity index (χ2n) is 3.32. The van der Waals surface area contributed by atoms with E-state index in [0.29, 0.717) is 0 Å². The van der Waals surface area contributed by atoms with Gasteiger partial charge in [0.25, 0.3) is 0 Å². The van der Waals surface area contributed by atoms with Crippen molar-refractivity contribution in [3.63, 3.8) is 0 Å². The molecule has 0 aromatic heterocycles. The molecule has 1 aliphatic rings. The third-order valence-corrected chi connectivity index (χ3v) is 2.89. The van der Waals surface area contributed by atoms with Gasteiger partial charge in [-0.05, 0) is 13.8 Å². The number of hydrogen-bond acceptors (Lipinski definition) is 5. The summed E-state index contributed by atoms with van der Waals surface area (Å²) in [6.45, 7) is 2.81. The normalized spacial score (nSPS) is 24.1. The Kier molecular flexibility index (Phi) is 3.83. The average Bonchev–Trinajstić information content (AvgIpc) is 2.47. The zero-order valence-corrected chi connectivity index (χ0v) is 10.1. The molecule has 2 unspecified atom stereocenters. The molecule has 0 amide bonds. The van der Waals surface area contributed by atoms with Gasteiger partial charge in [0.2, 0.25) is 5.60 Å². The quantitative estimate of drug-likeness (QED) is 0.771. The second kappa shape index (κ2) is 4.61. The smallest absolute Gasteiger partial charge is 0.351 e. The van der Waals surface area contributed by atoms with Crippen LogP contribution >= 0.6 is 23.2 Å². The molecule has 1 N–H and O–H groups in total. The number of cyclic esters (lactones) is 1. The molecule has 16 heavy (non-hydrogen) atoms. The Labute approximate surface area is 102 Å². The first-order chi connectivity index (χ1) is 7.32. The fourth-order valence-corrected chi connectivity index (χ4v) is 1.65. The van der Waals surface area contributed by atoms with Gasteiger partial charge in [-0.1, -0.05) is 23.2 Å². The van der Waals surface area contributed by atoms with Crippen molar-refractivity contribution in [2.75, 3.05) is 6.61 Å². The first kappa shape index (κ1) is 13.3. The average molecular weight is 269 g/mol. The minimum Gasteiger partial charge on any atom is -0.464 e. The van der Waals surface area contributed by atoms with E-state index in [2.05, 4.69) is 4.74 Å². The fraction of sp³-hybridized carbons (Fsp3) is 0.556. The van der Waals surface area contributed by atoms with Crippen LogP contribution in [-0.2, 0) is 19.1 Å². The SMILES string of the molecule is CCOC(=O)C(C)(O)C1OC(=O)C(Cl)=C1Cl. The fourth-order valence-electron chi connectivity index (χ4n) is 1.17. The summed E-state index contributed by atoms with van der Waals surface area (Å²) in [5.41, 5.74) is -2.06. The summed E-state index contributed by atoms with van der Waals surface area (Å²) in [6.07, 6.45) is -1.33. The Balaban J connectivity index is 2.95. The van der Waals surface area contributed by atoms with E-state index < -0.39 is 23.6 Å². The van der Waals surface area contributed by atoms with Crippen LogP contribution in [0.2, 0.25) is 0 Å². The topological polar surface area (TPSA) is 72.8 Å². The number of aliphatic hydroxyl groups is 1. The Morgan fingerprint density at radius 2 is 2.19 bits per heavy atom. The van der Waals surface area contributed by atoms with Gasteiger partial charge < -0.3 is 14.6 Å². The highest BCUT2D eigenvalue weighted by molar-refractivity contribution is 6.48. The number of esters is 2. The van der Waals surface area contributed by atoms with Crippen molar-refractivity contribution in [2.24, 2.45) is 0 Å². The number of hydrogen-bond donors (Lipinski definition) is 1. The molecule has 0 radical (unpaired) electrons.